The van der Waals surface area contributed by atoms with E-state index >= 15 is 0 Å². The van der Waals surface area contributed by atoms with Crippen molar-refractivity contribution in [3.63, 3.8) is 0 Å². The molecule has 0 aliphatic carbocycles. The molecule has 118 valence electrons. The summed E-state index contributed by atoms with van der Waals surface area (Å²) in [5, 5.41) is 25.7. The monoisotopic (exact) mass is 404 g/mol. The molecule has 3 rings (SSSR count). The van der Waals surface area contributed by atoms with Crippen LogP contribution in [0.25, 0.3) is 0 Å². The SMILES string of the molecule is O=C(O)c1cnc(Sc2nnc(Sc3ncc(C(=O)O)s3)s2)s1. The Morgan fingerprint density at radius 3 is 1.57 bits per heavy atom. The number of carbonyl (C=O) groups is 2. The number of carboxylic acid groups (broad SMARTS) is 2. The zero-order chi connectivity index (χ0) is 16.4. The van der Waals surface area contributed by atoms with Gasteiger partial charge in [-0.15, -0.1) is 32.9 Å². The van der Waals surface area contributed by atoms with Crippen LogP contribution in [-0.4, -0.2) is 42.3 Å². The fourth-order valence-corrected chi connectivity index (χ4v) is 6.30. The van der Waals surface area contributed by atoms with Gasteiger partial charge in [0.05, 0.1) is 12.4 Å². The van der Waals surface area contributed by atoms with Crippen LogP contribution in [0.5, 0.6) is 0 Å². The molecule has 3 aromatic rings. The number of carboxylic acids is 2. The van der Waals surface area contributed by atoms with E-state index in [4.69, 9.17) is 10.2 Å². The van der Waals surface area contributed by atoms with Gasteiger partial charge in [-0.05, 0) is 23.5 Å². The molecule has 0 spiro atoms. The number of thiazole rings is 2. The second-order valence-corrected chi connectivity index (χ2v) is 9.66. The quantitative estimate of drug-likeness (QED) is 0.632. The predicted molar refractivity (Wildman–Crippen MR) is 86.3 cm³/mol. The van der Waals surface area contributed by atoms with E-state index in [9.17, 15) is 9.59 Å². The summed E-state index contributed by atoms with van der Waals surface area (Å²) in [7, 11) is 0. The lowest BCUT2D eigenvalue weighted by atomic mass is 10.6. The molecule has 8 nitrogen and oxygen atoms in total. The highest BCUT2D eigenvalue weighted by Crippen LogP contribution is 2.38. The van der Waals surface area contributed by atoms with Gasteiger partial charge in [0.2, 0.25) is 0 Å². The Bertz CT molecular complexity index is 803. The van der Waals surface area contributed by atoms with E-state index in [0.717, 1.165) is 22.7 Å². The van der Waals surface area contributed by atoms with Crippen LogP contribution < -0.4 is 0 Å². The van der Waals surface area contributed by atoms with Crippen LogP contribution in [0.2, 0.25) is 0 Å². The molecular formula is C10H4N4O4S5. The summed E-state index contributed by atoms with van der Waals surface area (Å²) in [6.45, 7) is 0. The van der Waals surface area contributed by atoms with Crippen LogP contribution in [-0.2, 0) is 0 Å². The lowest BCUT2D eigenvalue weighted by molar-refractivity contribution is 0.0691. The van der Waals surface area contributed by atoms with E-state index in [1.54, 1.807) is 0 Å². The Labute approximate surface area is 148 Å². The minimum Gasteiger partial charge on any atom is -0.477 e. The van der Waals surface area contributed by atoms with Gasteiger partial charge < -0.3 is 10.2 Å². The third-order valence-electron chi connectivity index (χ3n) is 2.13. The summed E-state index contributed by atoms with van der Waals surface area (Å²) >= 11 is 5.89. The molecule has 0 bridgehead atoms. The standard InChI is InChI=1S/C10H4N4O4S5/c15-5(16)3-1-11-7(19-3)21-9-13-14-10(23-9)22-8-12-2-4(20-8)6(17)18/h1-2H,(H,15,16)(H,17,18). The van der Waals surface area contributed by atoms with Crippen molar-refractivity contribution in [2.24, 2.45) is 0 Å². The van der Waals surface area contributed by atoms with Crippen LogP contribution in [0, 0.1) is 0 Å². The van der Waals surface area contributed by atoms with E-state index in [1.807, 2.05) is 0 Å². The number of nitrogens with zero attached hydrogens (tertiary/aromatic N) is 4. The van der Waals surface area contributed by atoms with Crippen LogP contribution in [0.15, 0.2) is 29.8 Å². The Hall–Kier alpha value is -1.54. The molecule has 0 aliphatic rings. The van der Waals surface area contributed by atoms with Gasteiger partial charge in [0.15, 0.2) is 17.4 Å². The Morgan fingerprint density at radius 1 is 0.783 bits per heavy atom. The van der Waals surface area contributed by atoms with Crippen LogP contribution in [0.3, 0.4) is 0 Å². The zero-order valence-electron chi connectivity index (χ0n) is 10.7. The van der Waals surface area contributed by atoms with Gasteiger partial charge in [-0.3, -0.25) is 0 Å². The Kier molecular flexibility index (Phi) is 4.91. The molecule has 0 radical (unpaired) electrons. The van der Waals surface area contributed by atoms with Crippen molar-refractivity contribution < 1.29 is 19.8 Å². The Balaban J connectivity index is 1.67. The third kappa shape index (κ3) is 4.06. The highest BCUT2D eigenvalue weighted by Gasteiger charge is 2.15. The van der Waals surface area contributed by atoms with Gasteiger partial charge in [0.1, 0.15) is 9.75 Å². The summed E-state index contributed by atoms with van der Waals surface area (Å²) in [5.74, 6) is -2.03. The molecular weight excluding hydrogens is 400 g/mol. The summed E-state index contributed by atoms with van der Waals surface area (Å²) in [5.41, 5.74) is 0. The molecule has 0 amide bonds. The van der Waals surface area contributed by atoms with Gasteiger partial charge >= 0.3 is 11.9 Å². The Morgan fingerprint density at radius 2 is 1.22 bits per heavy atom. The van der Waals surface area contributed by atoms with Crippen LogP contribution in [0.1, 0.15) is 19.3 Å². The summed E-state index contributed by atoms with van der Waals surface area (Å²) in [6, 6.07) is 0. The van der Waals surface area contributed by atoms with E-state index in [1.165, 1.54) is 47.3 Å². The molecule has 3 heterocycles. The molecule has 0 saturated heterocycles. The second kappa shape index (κ2) is 6.92. The van der Waals surface area contributed by atoms with E-state index in [-0.39, 0.29) is 9.75 Å². The van der Waals surface area contributed by atoms with Crippen molar-refractivity contribution in [1.82, 2.24) is 20.2 Å². The normalized spacial score (nSPS) is 10.8. The highest BCUT2D eigenvalue weighted by molar-refractivity contribution is 8.04. The minimum absolute atomic E-state index is 0.163. The van der Waals surface area contributed by atoms with Gasteiger partial charge in [-0.25, -0.2) is 19.6 Å². The maximum absolute atomic E-state index is 10.8. The molecule has 0 aliphatic heterocycles. The number of aromatic carboxylic acids is 2. The highest BCUT2D eigenvalue weighted by atomic mass is 32.2. The first-order chi connectivity index (χ1) is 11.0. The first-order valence-corrected chi connectivity index (χ1v) is 9.67. The van der Waals surface area contributed by atoms with Crippen molar-refractivity contribution in [1.29, 1.82) is 0 Å². The fourth-order valence-electron chi connectivity index (χ4n) is 1.24. The predicted octanol–water partition coefficient (Wildman–Crippen LogP) is 3.15. The fraction of sp³-hybridized carbons (Fsp3) is 0. The molecule has 0 fully saturated rings. The van der Waals surface area contributed by atoms with Crippen molar-refractivity contribution in [2.75, 3.05) is 0 Å². The maximum Gasteiger partial charge on any atom is 0.347 e. The van der Waals surface area contributed by atoms with Crippen molar-refractivity contribution in [2.45, 2.75) is 17.4 Å². The van der Waals surface area contributed by atoms with Crippen LogP contribution >= 0.6 is 57.5 Å². The average molecular weight is 405 g/mol. The first kappa shape index (κ1) is 16.3. The largest absolute Gasteiger partial charge is 0.477 e. The minimum atomic E-state index is -1.01. The van der Waals surface area contributed by atoms with Gasteiger partial charge in [0.25, 0.3) is 0 Å². The zero-order valence-corrected chi connectivity index (χ0v) is 14.8. The average Bonchev–Trinajstić information content (AvgIpc) is 3.21. The van der Waals surface area contributed by atoms with E-state index in [0.29, 0.717) is 17.4 Å². The number of rotatable bonds is 6. The molecule has 0 atom stereocenters. The molecule has 0 saturated carbocycles. The first-order valence-electron chi connectivity index (χ1n) is 5.58. The summed E-state index contributed by atoms with van der Waals surface area (Å²) in [6.07, 6.45) is 2.60. The topological polar surface area (TPSA) is 126 Å². The van der Waals surface area contributed by atoms with Crippen molar-refractivity contribution in [3.05, 3.63) is 22.1 Å². The van der Waals surface area contributed by atoms with Gasteiger partial charge in [0, 0.05) is 0 Å². The van der Waals surface area contributed by atoms with E-state index in [2.05, 4.69) is 20.2 Å². The molecule has 3 aromatic heterocycles. The van der Waals surface area contributed by atoms with Crippen molar-refractivity contribution in [3.8, 4) is 0 Å². The molecule has 2 N–H and O–H groups in total. The van der Waals surface area contributed by atoms with E-state index < -0.39 is 11.9 Å². The van der Waals surface area contributed by atoms with Crippen LogP contribution in [0.4, 0.5) is 0 Å². The molecule has 13 heteroatoms. The lowest BCUT2D eigenvalue weighted by Gasteiger charge is -1.88. The lowest BCUT2D eigenvalue weighted by Crippen LogP contribution is -1.89. The molecule has 0 unspecified atom stereocenters. The summed E-state index contributed by atoms with van der Waals surface area (Å²) < 4.78 is 2.37. The summed E-state index contributed by atoms with van der Waals surface area (Å²) in [4.78, 5) is 30.0. The molecule has 23 heavy (non-hydrogen) atoms. The van der Waals surface area contributed by atoms with Gasteiger partial charge in [-0.1, -0.05) is 11.3 Å². The third-order valence-corrected chi connectivity index (χ3v) is 7.27. The number of hydrogen-bond acceptors (Lipinski definition) is 11. The molecule has 0 aromatic carbocycles. The number of aromatic nitrogens is 4. The smallest absolute Gasteiger partial charge is 0.347 e. The van der Waals surface area contributed by atoms with Crippen molar-refractivity contribution >= 4 is 69.5 Å². The van der Waals surface area contributed by atoms with Gasteiger partial charge in [-0.2, -0.15) is 0 Å². The second-order valence-electron chi connectivity index (χ2n) is 3.63. The number of hydrogen-bond donors (Lipinski definition) is 2. The maximum atomic E-state index is 10.8.